The maximum absolute atomic E-state index is 13.0. The average Bonchev–Trinajstić information content (AvgIpc) is 2.72. The summed E-state index contributed by atoms with van der Waals surface area (Å²) in [6.45, 7) is 9.51. The summed E-state index contributed by atoms with van der Waals surface area (Å²) in [7, 11) is 0. The summed E-state index contributed by atoms with van der Waals surface area (Å²) in [5.74, 6) is 0.105. The van der Waals surface area contributed by atoms with Gasteiger partial charge in [-0.3, -0.25) is 9.69 Å². The van der Waals surface area contributed by atoms with Gasteiger partial charge in [0.25, 0.3) is 0 Å². The van der Waals surface area contributed by atoms with Gasteiger partial charge >= 0.3 is 0 Å². The van der Waals surface area contributed by atoms with Crippen LogP contribution in [0.5, 0.6) is 0 Å². The highest BCUT2D eigenvalue weighted by Gasteiger charge is 2.23. The zero-order valence-corrected chi connectivity index (χ0v) is 13.2. The Hall–Kier alpha value is -1.42. The van der Waals surface area contributed by atoms with Crippen LogP contribution in [0.4, 0.5) is 4.39 Å². The average molecular weight is 292 g/mol. The van der Waals surface area contributed by atoms with Crippen LogP contribution in [-0.2, 0) is 4.79 Å². The molecule has 116 valence electrons. The molecule has 0 spiro atoms. The van der Waals surface area contributed by atoms with Crippen LogP contribution in [0, 0.1) is 11.7 Å². The molecule has 1 aliphatic rings. The first-order valence-electron chi connectivity index (χ1n) is 7.77. The Labute approximate surface area is 126 Å². The van der Waals surface area contributed by atoms with Gasteiger partial charge in [-0.05, 0) is 31.0 Å². The van der Waals surface area contributed by atoms with Crippen LogP contribution >= 0.6 is 0 Å². The predicted molar refractivity (Wildman–Crippen MR) is 82.4 cm³/mol. The van der Waals surface area contributed by atoms with E-state index in [2.05, 4.69) is 11.8 Å². The van der Waals surface area contributed by atoms with Crippen molar-refractivity contribution in [1.29, 1.82) is 0 Å². The lowest BCUT2D eigenvalue weighted by Gasteiger charge is -2.28. The maximum atomic E-state index is 13.0. The Morgan fingerprint density at radius 2 is 1.71 bits per heavy atom. The molecule has 0 N–H and O–H groups in total. The fourth-order valence-corrected chi connectivity index (χ4v) is 2.86. The van der Waals surface area contributed by atoms with Crippen LogP contribution in [0.1, 0.15) is 38.8 Å². The number of halogens is 1. The van der Waals surface area contributed by atoms with Crippen molar-refractivity contribution in [1.82, 2.24) is 9.80 Å². The van der Waals surface area contributed by atoms with Gasteiger partial charge in [-0.1, -0.05) is 26.0 Å². The zero-order valence-electron chi connectivity index (χ0n) is 13.2. The van der Waals surface area contributed by atoms with Gasteiger partial charge in [0.2, 0.25) is 5.91 Å². The maximum Gasteiger partial charge on any atom is 0.225 e. The summed E-state index contributed by atoms with van der Waals surface area (Å²) in [5, 5.41) is 0. The Morgan fingerprint density at radius 1 is 1.05 bits per heavy atom. The van der Waals surface area contributed by atoms with Crippen LogP contribution < -0.4 is 0 Å². The topological polar surface area (TPSA) is 23.6 Å². The first kappa shape index (κ1) is 16.0. The molecule has 1 fully saturated rings. The third kappa shape index (κ3) is 4.03. The van der Waals surface area contributed by atoms with Crippen molar-refractivity contribution in [2.75, 3.05) is 26.2 Å². The van der Waals surface area contributed by atoms with Crippen LogP contribution in [0.15, 0.2) is 24.3 Å². The minimum absolute atomic E-state index is 0.0612. The van der Waals surface area contributed by atoms with Crippen LogP contribution in [0.3, 0.4) is 0 Å². The zero-order chi connectivity index (χ0) is 15.4. The van der Waals surface area contributed by atoms with Gasteiger partial charge in [-0.2, -0.15) is 0 Å². The van der Waals surface area contributed by atoms with Crippen molar-refractivity contribution in [3.63, 3.8) is 0 Å². The number of nitrogens with zero attached hydrogens (tertiary/aromatic N) is 2. The SMILES string of the molecule is CC(C)C(=O)N1CCCN(C(C)c2ccc(F)cc2)CC1. The van der Waals surface area contributed by atoms with E-state index >= 15 is 0 Å². The van der Waals surface area contributed by atoms with Gasteiger partial charge in [0.05, 0.1) is 0 Å². The molecule has 0 bridgehead atoms. The number of hydrogen-bond acceptors (Lipinski definition) is 2. The van der Waals surface area contributed by atoms with Crippen LogP contribution in [0.25, 0.3) is 0 Å². The molecule has 21 heavy (non-hydrogen) atoms. The second-order valence-corrected chi connectivity index (χ2v) is 6.10. The van der Waals surface area contributed by atoms with Gasteiger partial charge < -0.3 is 4.90 Å². The minimum atomic E-state index is -0.199. The molecular formula is C17H25FN2O. The normalized spacial score (nSPS) is 18.6. The number of rotatable bonds is 3. The van der Waals surface area contributed by atoms with E-state index in [1.165, 1.54) is 12.1 Å². The van der Waals surface area contributed by atoms with Crippen LogP contribution in [-0.4, -0.2) is 41.9 Å². The van der Waals surface area contributed by atoms with E-state index in [4.69, 9.17) is 0 Å². The van der Waals surface area contributed by atoms with Gasteiger partial charge in [-0.15, -0.1) is 0 Å². The standard InChI is InChI=1S/C17H25FN2O/c1-13(2)17(21)20-10-4-9-19(11-12-20)14(3)15-5-7-16(18)8-6-15/h5-8,13-14H,4,9-12H2,1-3H3. The second kappa shape index (κ2) is 7.03. The number of carbonyl (C=O) groups excluding carboxylic acids is 1. The van der Waals surface area contributed by atoms with Crippen molar-refractivity contribution in [2.24, 2.45) is 5.92 Å². The highest BCUT2D eigenvalue weighted by Crippen LogP contribution is 2.22. The Balaban J connectivity index is 1.99. The minimum Gasteiger partial charge on any atom is -0.341 e. The first-order chi connectivity index (χ1) is 9.99. The Bertz CT molecular complexity index is 472. The van der Waals surface area contributed by atoms with Crippen molar-refractivity contribution in [3.05, 3.63) is 35.6 Å². The summed E-state index contributed by atoms with van der Waals surface area (Å²) in [5.41, 5.74) is 1.13. The molecule has 0 radical (unpaired) electrons. The molecule has 3 nitrogen and oxygen atoms in total. The molecule has 0 aromatic heterocycles. The van der Waals surface area contributed by atoms with E-state index in [0.29, 0.717) is 0 Å². The molecule has 1 heterocycles. The quantitative estimate of drug-likeness (QED) is 0.855. The molecule has 4 heteroatoms. The molecule has 1 amide bonds. The number of hydrogen-bond donors (Lipinski definition) is 0. The molecule has 1 aromatic rings. The molecule has 1 aliphatic heterocycles. The van der Waals surface area contributed by atoms with E-state index in [-0.39, 0.29) is 23.7 Å². The largest absolute Gasteiger partial charge is 0.341 e. The summed E-state index contributed by atoms with van der Waals surface area (Å²) in [4.78, 5) is 16.5. The summed E-state index contributed by atoms with van der Waals surface area (Å²) < 4.78 is 13.0. The lowest BCUT2D eigenvalue weighted by molar-refractivity contribution is -0.134. The summed E-state index contributed by atoms with van der Waals surface area (Å²) in [6.07, 6.45) is 0.990. The molecule has 1 saturated heterocycles. The Kier molecular flexibility index (Phi) is 5.34. The second-order valence-electron chi connectivity index (χ2n) is 6.10. The van der Waals surface area contributed by atoms with E-state index in [0.717, 1.165) is 38.2 Å². The van der Waals surface area contributed by atoms with E-state index < -0.39 is 0 Å². The smallest absolute Gasteiger partial charge is 0.225 e. The Morgan fingerprint density at radius 3 is 2.33 bits per heavy atom. The highest BCUT2D eigenvalue weighted by atomic mass is 19.1. The molecule has 2 rings (SSSR count). The van der Waals surface area contributed by atoms with Gasteiger partial charge in [-0.25, -0.2) is 4.39 Å². The first-order valence-corrected chi connectivity index (χ1v) is 7.77. The molecule has 1 unspecified atom stereocenters. The predicted octanol–water partition coefficient (Wildman–Crippen LogP) is 3.08. The molecule has 0 saturated carbocycles. The molecule has 1 aromatic carbocycles. The van der Waals surface area contributed by atoms with Gasteiger partial charge in [0.1, 0.15) is 5.82 Å². The summed E-state index contributed by atoms with van der Waals surface area (Å²) >= 11 is 0. The van der Waals surface area contributed by atoms with Gasteiger partial charge in [0.15, 0.2) is 0 Å². The fourth-order valence-electron chi connectivity index (χ4n) is 2.86. The molecular weight excluding hydrogens is 267 g/mol. The molecule has 0 aliphatic carbocycles. The monoisotopic (exact) mass is 292 g/mol. The third-order valence-corrected chi connectivity index (χ3v) is 4.24. The summed E-state index contributed by atoms with van der Waals surface area (Å²) in [6, 6.07) is 6.97. The van der Waals surface area contributed by atoms with E-state index in [1.54, 1.807) is 0 Å². The van der Waals surface area contributed by atoms with Crippen molar-refractivity contribution in [3.8, 4) is 0 Å². The van der Waals surface area contributed by atoms with Gasteiger partial charge in [0, 0.05) is 38.1 Å². The number of benzene rings is 1. The lowest BCUT2D eigenvalue weighted by Crippen LogP contribution is -2.38. The van der Waals surface area contributed by atoms with Crippen molar-refractivity contribution in [2.45, 2.75) is 33.2 Å². The highest BCUT2D eigenvalue weighted by molar-refractivity contribution is 5.78. The number of amides is 1. The van der Waals surface area contributed by atoms with Crippen molar-refractivity contribution < 1.29 is 9.18 Å². The molecule has 1 atom stereocenters. The lowest BCUT2D eigenvalue weighted by atomic mass is 10.1. The number of carbonyl (C=O) groups is 1. The fraction of sp³-hybridized carbons (Fsp3) is 0.588. The third-order valence-electron chi connectivity index (χ3n) is 4.24. The van der Waals surface area contributed by atoms with E-state index in [9.17, 15) is 9.18 Å². The van der Waals surface area contributed by atoms with E-state index in [1.807, 2.05) is 30.9 Å². The van der Waals surface area contributed by atoms with Crippen LogP contribution in [0.2, 0.25) is 0 Å². The van der Waals surface area contributed by atoms with Crippen molar-refractivity contribution >= 4 is 5.91 Å².